The van der Waals surface area contributed by atoms with E-state index in [1.165, 1.54) is 22.5 Å². The molecule has 4 rings (SSSR count). The number of carbonyl (C=O) groups is 1. The van der Waals surface area contributed by atoms with Gasteiger partial charge in [0.25, 0.3) is 0 Å². The van der Waals surface area contributed by atoms with Crippen LogP contribution >= 0.6 is 27.7 Å². The molecule has 0 unspecified atom stereocenters. The minimum atomic E-state index is -0.0902. The fourth-order valence-corrected chi connectivity index (χ4v) is 4.50. The van der Waals surface area contributed by atoms with E-state index >= 15 is 0 Å². The second-order valence-electron chi connectivity index (χ2n) is 7.19. The Kier molecular flexibility index (Phi) is 7.12. The van der Waals surface area contributed by atoms with Crippen molar-refractivity contribution in [3.05, 3.63) is 76.5 Å². The fraction of sp³-hybridized carbons (Fsp3) is 0.208. The molecule has 4 aromatic rings. The first-order valence-electron chi connectivity index (χ1n) is 10.3. The lowest BCUT2D eigenvalue weighted by atomic mass is 10.0. The lowest BCUT2D eigenvalue weighted by Gasteiger charge is -2.12. The van der Waals surface area contributed by atoms with Gasteiger partial charge in [-0.05, 0) is 60.5 Å². The molecule has 0 aliphatic heterocycles. The fourth-order valence-electron chi connectivity index (χ4n) is 3.42. The number of thioether (sulfide) groups is 1. The number of ether oxygens (including phenoxy) is 1. The smallest absolute Gasteiger partial charge is 0.234 e. The lowest BCUT2D eigenvalue weighted by Crippen LogP contribution is -2.14. The van der Waals surface area contributed by atoms with Crippen LogP contribution in [0.25, 0.3) is 10.8 Å². The van der Waals surface area contributed by atoms with Crippen LogP contribution in [0.5, 0.6) is 5.75 Å². The van der Waals surface area contributed by atoms with E-state index in [0.717, 1.165) is 27.3 Å². The second kappa shape index (κ2) is 10.2. The Bertz CT molecular complexity index is 1240. The van der Waals surface area contributed by atoms with Crippen molar-refractivity contribution in [3.63, 3.8) is 0 Å². The van der Waals surface area contributed by atoms with Gasteiger partial charge in [-0.2, -0.15) is 0 Å². The summed E-state index contributed by atoms with van der Waals surface area (Å²) in [6.45, 7) is 5.10. The van der Waals surface area contributed by atoms with Crippen molar-refractivity contribution in [2.24, 2.45) is 0 Å². The molecule has 0 aliphatic carbocycles. The summed E-state index contributed by atoms with van der Waals surface area (Å²) in [4.78, 5) is 12.3. The first-order chi connectivity index (χ1) is 15.5. The molecule has 0 saturated heterocycles. The van der Waals surface area contributed by atoms with Crippen LogP contribution in [0.3, 0.4) is 0 Å². The van der Waals surface area contributed by atoms with Gasteiger partial charge >= 0.3 is 0 Å². The third-order valence-electron chi connectivity index (χ3n) is 5.08. The highest BCUT2D eigenvalue weighted by atomic mass is 79.9. The number of benzene rings is 3. The molecule has 32 heavy (non-hydrogen) atoms. The Morgan fingerprint density at radius 1 is 1.09 bits per heavy atom. The van der Waals surface area contributed by atoms with Crippen molar-refractivity contribution in [3.8, 4) is 5.75 Å². The van der Waals surface area contributed by atoms with Gasteiger partial charge in [0.1, 0.15) is 12.4 Å². The maximum atomic E-state index is 12.3. The second-order valence-corrected chi connectivity index (χ2v) is 9.04. The number of anilines is 1. The number of halogens is 1. The normalized spacial score (nSPS) is 11.0. The number of fused-ring (bicyclic) bond motifs is 1. The lowest BCUT2D eigenvalue weighted by molar-refractivity contribution is -0.113. The first kappa shape index (κ1) is 22.4. The third-order valence-corrected chi connectivity index (χ3v) is 6.57. The van der Waals surface area contributed by atoms with Crippen LogP contribution in [-0.2, 0) is 17.9 Å². The van der Waals surface area contributed by atoms with Crippen molar-refractivity contribution in [2.45, 2.75) is 32.2 Å². The number of aromatic nitrogens is 3. The highest BCUT2D eigenvalue weighted by molar-refractivity contribution is 9.10. The van der Waals surface area contributed by atoms with Gasteiger partial charge in [-0.1, -0.05) is 58.0 Å². The summed E-state index contributed by atoms with van der Waals surface area (Å²) in [6.07, 6.45) is 0. The molecule has 0 fully saturated rings. The number of amides is 1. The molecule has 8 heteroatoms. The highest BCUT2D eigenvalue weighted by Gasteiger charge is 2.15. The van der Waals surface area contributed by atoms with E-state index in [1.807, 2.05) is 54.0 Å². The topological polar surface area (TPSA) is 69.0 Å². The molecular weight excluding hydrogens is 488 g/mol. The standard InChI is InChI=1S/C24H23BrN4O2S/c1-3-29-22(14-31-21-13-8-17-6-4-5-7-20(17)16(21)2)27-28-24(29)32-15-23(30)26-19-11-9-18(25)10-12-19/h4-13H,3,14-15H2,1-2H3,(H,26,30). The molecule has 1 heterocycles. The molecule has 1 aromatic heterocycles. The Morgan fingerprint density at radius 2 is 1.88 bits per heavy atom. The van der Waals surface area contributed by atoms with Crippen molar-refractivity contribution in [1.82, 2.24) is 14.8 Å². The third kappa shape index (κ3) is 5.14. The predicted molar refractivity (Wildman–Crippen MR) is 132 cm³/mol. The van der Waals surface area contributed by atoms with E-state index < -0.39 is 0 Å². The van der Waals surface area contributed by atoms with Gasteiger partial charge < -0.3 is 14.6 Å². The van der Waals surface area contributed by atoms with Gasteiger partial charge in [0.05, 0.1) is 5.75 Å². The average Bonchev–Trinajstić information content (AvgIpc) is 3.21. The minimum Gasteiger partial charge on any atom is -0.485 e. The Balaban J connectivity index is 1.39. The van der Waals surface area contributed by atoms with Gasteiger partial charge in [0.2, 0.25) is 5.91 Å². The van der Waals surface area contributed by atoms with Crippen LogP contribution < -0.4 is 10.1 Å². The van der Waals surface area contributed by atoms with E-state index in [-0.39, 0.29) is 11.7 Å². The van der Waals surface area contributed by atoms with E-state index in [1.54, 1.807) is 0 Å². The number of carbonyl (C=O) groups excluding carboxylic acids is 1. The van der Waals surface area contributed by atoms with Crippen LogP contribution in [0.15, 0.2) is 70.3 Å². The Morgan fingerprint density at radius 3 is 2.66 bits per heavy atom. The summed E-state index contributed by atoms with van der Waals surface area (Å²) >= 11 is 4.75. The number of nitrogens with zero attached hydrogens (tertiary/aromatic N) is 3. The monoisotopic (exact) mass is 510 g/mol. The zero-order chi connectivity index (χ0) is 22.5. The molecule has 6 nitrogen and oxygen atoms in total. The molecular formula is C24H23BrN4O2S. The van der Waals surface area contributed by atoms with Crippen LogP contribution in [0.1, 0.15) is 18.3 Å². The van der Waals surface area contributed by atoms with Gasteiger partial charge in [0.15, 0.2) is 11.0 Å². The van der Waals surface area contributed by atoms with Crippen LogP contribution in [-0.4, -0.2) is 26.4 Å². The van der Waals surface area contributed by atoms with Crippen LogP contribution in [0, 0.1) is 6.92 Å². The Hall–Kier alpha value is -2.84. The summed E-state index contributed by atoms with van der Waals surface area (Å²) in [7, 11) is 0. The summed E-state index contributed by atoms with van der Waals surface area (Å²) < 4.78 is 9.03. The van der Waals surface area contributed by atoms with Crippen LogP contribution in [0.2, 0.25) is 0 Å². The van der Waals surface area contributed by atoms with Gasteiger partial charge in [0, 0.05) is 16.7 Å². The molecule has 1 amide bonds. The molecule has 0 atom stereocenters. The molecule has 164 valence electrons. The molecule has 3 aromatic carbocycles. The van der Waals surface area contributed by atoms with Crippen molar-refractivity contribution < 1.29 is 9.53 Å². The average molecular weight is 511 g/mol. The number of hydrogen-bond acceptors (Lipinski definition) is 5. The van der Waals surface area contributed by atoms with Crippen LogP contribution in [0.4, 0.5) is 5.69 Å². The SMILES string of the molecule is CCn1c(COc2ccc3ccccc3c2C)nnc1SCC(=O)Nc1ccc(Br)cc1. The number of hydrogen-bond donors (Lipinski definition) is 1. The van der Waals surface area contributed by atoms with Crippen molar-refractivity contribution in [1.29, 1.82) is 0 Å². The molecule has 0 bridgehead atoms. The maximum absolute atomic E-state index is 12.3. The summed E-state index contributed by atoms with van der Waals surface area (Å²) in [6, 6.07) is 19.8. The Labute approximate surface area is 199 Å². The van der Waals surface area contributed by atoms with Crippen molar-refractivity contribution >= 4 is 50.1 Å². The molecule has 1 N–H and O–H groups in total. The molecule has 0 aliphatic rings. The number of rotatable bonds is 8. The van der Waals surface area contributed by atoms with Gasteiger partial charge in [-0.25, -0.2) is 0 Å². The predicted octanol–water partition coefficient (Wildman–Crippen LogP) is 5.83. The van der Waals surface area contributed by atoms with E-state index in [0.29, 0.717) is 18.3 Å². The zero-order valence-corrected chi connectivity index (χ0v) is 20.2. The quantitative estimate of drug-likeness (QED) is 0.302. The van der Waals surface area contributed by atoms with E-state index in [9.17, 15) is 4.79 Å². The van der Waals surface area contributed by atoms with E-state index in [2.05, 4.69) is 56.6 Å². The van der Waals surface area contributed by atoms with Gasteiger partial charge in [-0.15, -0.1) is 10.2 Å². The summed E-state index contributed by atoms with van der Waals surface area (Å²) in [5.74, 6) is 1.72. The maximum Gasteiger partial charge on any atom is 0.234 e. The molecule has 0 spiro atoms. The number of aryl methyl sites for hydroxylation is 1. The summed E-state index contributed by atoms with van der Waals surface area (Å²) in [5.41, 5.74) is 1.86. The number of nitrogens with one attached hydrogen (secondary N) is 1. The largest absolute Gasteiger partial charge is 0.485 e. The first-order valence-corrected chi connectivity index (χ1v) is 12.0. The van der Waals surface area contributed by atoms with Crippen molar-refractivity contribution in [2.75, 3.05) is 11.1 Å². The van der Waals surface area contributed by atoms with E-state index in [4.69, 9.17) is 4.74 Å². The highest BCUT2D eigenvalue weighted by Crippen LogP contribution is 2.28. The summed E-state index contributed by atoms with van der Waals surface area (Å²) in [5, 5.41) is 14.5. The molecule has 0 radical (unpaired) electrons. The van der Waals surface area contributed by atoms with Gasteiger partial charge in [-0.3, -0.25) is 4.79 Å². The zero-order valence-electron chi connectivity index (χ0n) is 17.8. The molecule has 0 saturated carbocycles. The minimum absolute atomic E-state index is 0.0902.